The molecule has 2 aromatic rings. The first-order valence-electron chi connectivity index (χ1n) is 10.2. The highest BCUT2D eigenvalue weighted by molar-refractivity contribution is 6.30. The van der Waals surface area contributed by atoms with Crippen LogP contribution < -0.4 is 5.32 Å². The van der Waals surface area contributed by atoms with Crippen molar-refractivity contribution >= 4 is 29.6 Å². The Bertz CT molecular complexity index is 1020. The van der Waals surface area contributed by atoms with Gasteiger partial charge in [0.25, 0.3) is 0 Å². The highest BCUT2D eigenvalue weighted by atomic mass is 35.5. The maximum atomic E-state index is 12.9. The Kier molecular flexibility index (Phi) is 7.53. The third-order valence-electron chi connectivity index (χ3n) is 5.27. The van der Waals surface area contributed by atoms with Crippen LogP contribution in [0.4, 0.5) is 4.79 Å². The number of aliphatic carboxylic acids is 1. The molecule has 1 aliphatic rings. The van der Waals surface area contributed by atoms with Crippen LogP contribution in [0, 0.1) is 0 Å². The van der Waals surface area contributed by atoms with E-state index in [0.29, 0.717) is 18.0 Å². The van der Waals surface area contributed by atoms with Crippen LogP contribution in [0.1, 0.15) is 36.1 Å². The second-order valence-corrected chi connectivity index (χ2v) is 8.16. The van der Waals surface area contributed by atoms with E-state index in [2.05, 4.69) is 11.9 Å². The molecule has 0 aromatic heterocycles. The number of hydrogen-bond donors (Lipinski definition) is 2. The molecule has 168 valence electrons. The molecule has 2 unspecified atom stereocenters. The fourth-order valence-corrected chi connectivity index (χ4v) is 3.91. The number of nitrogens with one attached hydrogen (secondary N) is 1. The van der Waals surface area contributed by atoms with Crippen LogP contribution in [0.5, 0.6) is 0 Å². The monoisotopic (exact) mass is 456 g/mol. The maximum absolute atomic E-state index is 12.9. The zero-order valence-corrected chi connectivity index (χ0v) is 18.5. The van der Waals surface area contributed by atoms with Crippen molar-refractivity contribution in [2.45, 2.75) is 38.3 Å². The molecule has 2 atom stereocenters. The summed E-state index contributed by atoms with van der Waals surface area (Å²) < 4.78 is 5.18. The minimum atomic E-state index is -1.14. The van der Waals surface area contributed by atoms with Crippen LogP contribution in [-0.4, -0.2) is 40.6 Å². The molecule has 2 aromatic carbocycles. The van der Waals surface area contributed by atoms with E-state index < -0.39 is 30.1 Å². The number of carbonyl (C=O) groups excluding carboxylic acids is 2. The summed E-state index contributed by atoms with van der Waals surface area (Å²) in [6, 6.07) is 12.7. The van der Waals surface area contributed by atoms with Crippen molar-refractivity contribution in [1.82, 2.24) is 10.2 Å². The Morgan fingerprint density at radius 2 is 1.91 bits per heavy atom. The van der Waals surface area contributed by atoms with Crippen LogP contribution in [0.15, 0.2) is 60.9 Å². The van der Waals surface area contributed by atoms with Gasteiger partial charge in [-0.25, -0.2) is 9.59 Å². The maximum Gasteiger partial charge on any atom is 0.415 e. The molecule has 1 aliphatic heterocycles. The molecule has 1 heterocycles. The number of benzene rings is 2. The van der Waals surface area contributed by atoms with E-state index in [4.69, 9.17) is 16.3 Å². The Balaban J connectivity index is 1.77. The molecule has 7 nitrogen and oxygen atoms in total. The predicted molar refractivity (Wildman–Crippen MR) is 120 cm³/mol. The smallest absolute Gasteiger partial charge is 0.415 e. The first-order valence-corrected chi connectivity index (χ1v) is 10.6. The number of carboxylic acid groups (broad SMARTS) is 1. The van der Waals surface area contributed by atoms with Crippen LogP contribution in [-0.2, 0) is 27.2 Å². The number of ether oxygens (including phenoxy) is 1. The van der Waals surface area contributed by atoms with Gasteiger partial charge in [-0.2, -0.15) is 0 Å². The summed E-state index contributed by atoms with van der Waals surface area (Å²) in [5.41, 5.74) is 2.62. The average molecular weight is 457 g/mol. The van der Waals surface area contributed by atoms with Gasteiger partial charge in [0.15, 0.2) is 0 Å². The van der Waals surface area contributed by atoms with Crippen molar-refractivity contribution in [2.24, 2.45) is 0 Å². The SMILES string of the molecule is C=C(C)OC(=O)N1CCc2ccccc2C1CC(=O)NC(Cc1ccc(Cl)cc1)C(=O)O. The molecule has 0 fully saturated rings. The molecule has 2 amide bonds. The second kappa shape index (κ2) is 10.3. The van der Waals surface area contributed by atoms with E-state index in [-0.39, 0.29) is 18.6 Å². The number of carboxylic acids is 1. The molecule has 0 radical (unpaired) electrons. The summed E-state index contributed by atoms with van der Waals surface area (Å²) in [7, 11) is 0. The fourth-order valence-electron chi connectivity index (χ4n) is 3.78. The Labute approximate surface area is 191 Å². The molecule has 0 bridgehead atoms. The van der Waals surface area contributed by atoms with Crippen molar-refractivity contribution in [1.29, 1.82) is 0 Å². The summed E-state index contributed by atoms with van der Waals surface area (Å²) >= 11 is 5.88. The van der Waals surface area contributed by atoms with Crippen LogP contribution in [0.3, 0.4) is 0 Å². The van der Waals surface area contributed by atoms with Crippen molar-refractivity contribution in [3.05, 3.63) is 82.6 Å². The lowest BCUT2D eigenvalue weighted by molar-refractivity contribution is -0.142. The zero-order valence-electron chi connectivity index (χ0n) is 17.7. The summed E-state index contributed by atoms with van der Waals surface area (Å²) in [5.74, 6) is -1.36. The lowest BCUT2D eigenvalue weighted by Crippen LogP contribution is -2.46. The normalized spacial score (nSPS) is 15.9. The van der Waals surface area contributed by atoms with Gasteiger partial charge in [0, 0.05) is 18.0 Å². The van der Waals surface area contributed by atoms with Crippen LogP contribution in [0.2, 0.25) is 5.02 Å². The largest absolute Gasteiger partial charge is 0.480 e. The molecular weight excluding hydrogens is 432 g/mol. The number of amides is 2. The number of allylic oxidation sites excluding steroid dienone is 1. The van der Waals surface area contributed by atoms with E-state index in [1.807, 2.05) is 24.3 Å². The molecule has 0 aliphatic carbocycles. The number of hydrogen-bond acceptors (Lipinski definition) is 4. The highest BCUT2D eigenvalue weighted by Crippen LogP contribution is 2.33. The van der Waals surface area contributed by atoms with Crippen LogP contribution in [0.25, 0.3) is 0 Å². The third-order valence-corrected chi connectivity index (χ3v) is 5.53. The standard InChI is InChI=1S/C24H25ClN2O5/c1-15(2)32-24(31)27-12-11-17-5-3-4-6-19(17)21(27)14-22(28)26-20(23(29)30)13-16-7-9-18(25)10-8-16/h3-10,20-21H,1,11-14H2,2H3,(H,26,28)(H,29,30). The van der Waals surface area contributed by atoms with Crippen molar-refractivity contribution in [3.8, 4) is 0 Å². The molecule has 2 N–H and O–H groups in total. The minimum absolute atomic E-state index is 0.0906. The topological polar surface area (TPSA) is 95.9 Å². The fraction of sp³-hybridized carbons (Fsp3) is 0.292. The molecule has 8 heteroatoms. The summed E-state index contributed by atoms with van der Waals surface area (Å²) in [6.07, 6.45) is 0.0716. The zero-order chi connectivity index (χ0) is 23.3. The molecular formula is C24H25ClN2O5. The van der Waals surface area contributed by atoms with Gasteiger partial charge in [-0.1, -0.05) is 54.6 Å². The summed E-state index contributed by atoms with van der Waals surface area (Å²) in [6.45, 7) is 5.56. The molecule has 32 heavy (non-hydrogen) atoms. The van der Waals surface area contributed by atoms with Crippen molar-refractivity contribution < 1.29 is 24.2 Å². The molecule has 0 saturated carbocycles. The van der Waals surface area contributed by atoms with Gasteiger partial charge in [-0.15, -0.1) is 0 Å². The highest BCUT2D eigenvalue weighted by Gasteiger charge is 2.34. The molecule has 0 saturated heterocycles. The van der Waals surface area contributed by atoms with Gasteiger partial charge < -0.3 is 15.2 Å². The first kappa shape index (κ1) is 23.3. The molecule has 3 rings (SSSR count). The lowest BCUT2D eigenvalue weighted by Gasteiger charge is -2.36. The van der Waals surface area contributed by atoms with E-state index in [1.54, 1.807) is 31.2 Å². The number of nitrogens with zero attached hydrogens (tertiary/aromatic N) is 1. The van der Waals surface area contributed by atoms with Gasteiger partial charge in [-0.3, -0.25) is 9.69 Å². The lowest BCUT2D eigenvalue weighted by atomic mass is 9.90. The second-order valence-electron chi connectivity index (χ2n) is 7.72. The van der Waals surface area contributed by atoms with Gasteiger partial charge in [-0.05, 0) is 42.2 Å². The quantitative estimate of drug-likeness (QED) is 0.611. The first-order chi connectivity index (χ1) is 15.2. The van der Waals surface area contributed by atoms with E-state index >= 15 is 0 Å². The number of fused-ring (bicyclic) bond motifs is 1. The van der Waals surface area contributed by atoms with Crippen LogP contribution >= 0.6 is 11.6 Å². The number of carbonyl (C=O) groups is 3. The van der Waals surface area contributed by atoms with E-state index in [0.717, 1.165) is 16.7 Å². The van der Waals surface area contributed by atoms with Crippen molar-refractivity contribution in [2.75, 3.05) is 6.54 Å². The van der Waals surface area contributed by atoms with E-state index in [1.165, 1.54) is 4.90 Å². The van der Waals surface area contributed by atoms with Crippen molar-refractivity contribution in [3.63, 3.8) is 0 Å². The Hall–Kier alpha value is -3.32. The summed E-state index contributed by atoms with van der Waals surface area (Å²) in [4.78, 5) is 38.7. The van der Waals surface area contributed by atoms with Gasteiger partial charge in [0.05, 0.1) is 18.2 Å². The average Bonchev–Trinajstić information content (AvgIpc) is 2.74. The molecule has 0 spiro atoms. The number of rotatable bonds is 7. The Morgan fingerprint density at radius 3 is 2.56 bits per heavy atom. The Morgan fingerprint density at radius 1 is 1.22 bits per heavy atom. The van der Waals surface area contributed by atoms with Gasteiger partial charge in [0.2, 0.25) is 5.91 Å². The van der Waals surface area contributed by atoms with Gasteiger partial charge >= 0.3 is 12.1 Å². The summed E-state index contributed by atoms with van der Waals surface area (Å²) in [5, 5.41) is 12.7. The third kappa shape index (κ3) is 5.88. The number of halogens is 1. The van der Waals surface area contributed by atoms with Gasteiger partial charge in [0.1, 0.15) is 6.04 Å². The predicted octanol–water partition coefficient (Wildman–Crippen LogP) is 4.11. The van der Waals surface area contributed by atoms with E-state index in [9.17, 15) is 19.5 Å². The minimum Gasteiger partial charge on any atom is -0.480 e.